The largest absolute Gasteiger partial charge is 0.329 e. The van der Waals surface area contributed by atoms with Crippen molar-refractivity contribution in [1.82, 2.24) is 9.80 Å². The third-order valence-electron chi connectivity index (χ3n) is 3.02. The first kappa shape index (κ1) is 16.9. The van der Waals surface area contributed by atoms with Crippen LogP contribution in [0.4, 0.5) is 0 Å². The number of nitrogens with two attached hydrogens (primary N) is 1. The molecule has 0 saturated carbocycles. The molecule has 0 aliphatic heterocycles. The van der Waals surface area contributed by atoms with E-state index in [1.807, 2.05) is 6.07 Å². The van der Waals surface area contributed by atoms with Crippen molar-refractivity contribution >= 4 is 22.9 Å². The van der Waals surface area contributed by atoms with Gasteiger partial charge in [0.05, 0.1) is 10.4 Å². The van der Waals surface area contributed by atoms with Crippen LogP contribution < -0.4 is 5.73 Å². The third kappa shape index (κ3) is 5.79. The van der Waals surface area contributed by atoms with Gasteiger partial charge >= 0.3 is 0 Å². The predicted molar refractivity (Wildman–Crippen MR) is 86.1 cm³/mol. The van der Waals surface area contributed by atoms with Gasteiger partial charge in [0.25, 0.3) is 0 Å². The Morgan fingerprint density at radius 2 is 1.95 bits per heavy atom. The van der Waals surface area contributed by atoms with Crippen LogP contribution in [0, 0.1) is 5.92 Å². The van der Waals surface area contributed by atoms with Crippen LogP contribution in [0.2, 0.25) is 4.34 Å². The van der Waals surface area contributed by atoms with Gasteiger partial charge in [-0.05, 0) is 32.1 Å². The van der Waals surface area contributed by atoms with Gasteiger partial charge < -0.3 is 10.6 Å². The summed E-state index contributed by atoms with van der Waals surface area (Å²) in [5.41, 5.74) is 6.01. The van der Waals surface area contributed by atoms with Gasteiger partial charge in [-0.25, -0.2) is 0 Å². The zero-order valence-electron chi connectivity index (χ0n) is 12.4. The fourth-order valence-electron chi connectivity index (χ4n) is 2.12. The van der Waals surface area contributed by atoms with E-state index in [1.165, 1.54) is 4.88 Å². The van der Waals surface area contributed by atoms with Crippen molar-refractivity contribution in [2.24, 2.45) is 11.7 Å². The zero-order valence-corrected chi connectivity index (χ0v) is 14.0. The van der Waals surface area contributed by atoms with Crippen LogP contribution >= 0.6 is 22.9 Å². The van der Waals surface area contributed by atoms with Crippen molar-refractivity contribution in [3.8, 4) is 0 Å². The second-order valence-corrected chi connectivity index (χ2v) is 7.33. The van der Waals surface area contributed by atoms with Crippen LogP contribution in [0.25, 0.3) is 0 Å². The van der Waals surface area contributed by atoms with Crippen molar-refractivity contribution in [3.63, 3.8) is 0 Å². The standard InChI is InChI=1S/C14H26ClN3S/c1-11(2)10-18(8-7-17(3)4)12(9-16)13-5-6-14(15)19-13/h5-6,11-12H,7-10,16H2,1-4H3. The lowest BCUT2D eigenvalue weighted by Crippen LogP contribution is -2.39. The molecule has 0 fully saturated rings. The number of thiophene rings is 1. The molecular weight excluding hydrogens is 278 g/mol. The number of halogens is 1. The van der Waals surface area contributed by atoms with Gasteiger partial charge in [-0.3, -0.25) is 4.90 Å². The van der Waals surface area contributed by atoms with Crippen LogP contribution in [0.5, 0.6) is 0 Å². The number of nitrogens with zero attached hydrogens (tertiary/aromatic N) is 2. The second kappa shape index (κ2) is 8.22. The molecule has 1 unspecified atom stereocenters. The summed E-state index contributed by atoms with van der Waals surface area (Å²) < 4.78 is 0.838. The molecule has 1 rings (SSSR count). The average Bonchev–Trinajstić information content (AvgIpc) is 2.72. The van der Waals surface area contributed by atoms with E-state index in [0.29, 0.717) is 12.5 Å². The molecule has 1 atom stereocenters. The highest BCUT2D eigenvalue weighted by molar-refractivity contribution is 7.16. The Balaban J connectivity index is 2.79. The maximum Gasteiger partial charge on any atom is 0.0931 e. The van der Waals surface area contributed by atoms with Gasteiger partial charge in [0.2, 0.25) is 0 Å². The number of hydrogen-bond donors (Lipinski definition) is 1. The molecule has 1 aromatic heterocycles. The highest BCUT2D eigenvalue weighted by atomic mass is 35.5. The van der Waals surface area contributed by atoms with E-state index in [1.54, 1.807) is 11.3 Å². The molecular formula is C14H26ClN3S. The summed E-state index contributed by atoms with van der Waals surface area (Å²) in [5.74, 6) is 0.631. The van der Waals surface area contributed by atoms with Gasteiger partial charge in [-0.1, -0.05) is 25.4 Å². The third-order valence-corrected chi connectivity index (χ3v) is 4.35. The lowest BCUT2D eigenvalue weighted by atomic mass is 10.1. The molecule has 0 amide bonds. The Labute approximate surface area is 126 Å². The van der Waals surface area contributed by atoms with Crippen molar-refractivity contribution in [3.05, 3.63) is 21.3 Å². The number of rotatable bonds is 8. The highest BCUT2D eigenvalue weighted by Crippen LogP contribution is 2.30. The average molecular weight is 304 g/mol. The molecule has 0 spiro atoms. The Morgan fingerprint density at radius 3 is 2.37 bits per heavy atom. The van der Waals surface area contributed by atoms with E-state index in [-0.39, 0.29) is 6.04 Å². The Bertz CT molecular complexity index is 365. The minimum absolute atomic E-state index is 0.278. The summed E-state index contributed by atoms with van der Waals surface area (Å²) in [6.45, 7) is 8.27. The lowest BCUT2D eigenvalue weighted by Gasteiger charge is -2.32. The minimum atomic E-state index is 0.278. The fraction of sp³-hybridized carbons (Fsp3) is 0.714. The second-order valence-electron chi connectivity index (χ2n) is 5.59. The van der Waals surface area contributed by atoms with E-state index < -0.39 is 0 Å². The molecule has 1 heterocycles. The van der Waals surface area contributed by atoms with Gasteiger partial charge in [-0.15, -0.1) is 11.3 Å². The monoisotopic (exact) mass is 303 g/mol. The Hall–Kier alpha value is -0.130. The van der Waals surface area contributed by atoms with E-state index in [2.05, 4.69) is 43.8 Å². The van der Waals surface area contributed by atoms with Gasteiger partial charge in [0.15, 0.2) is 0 Å². The summed E-state index contributed by atoms with van der Waals surface area (Å²) in [5, 5.41) is 0. The molecule has 0 bridgehead atoms. The molecule has 1 aromatic rings. The molecule has 5 heteroatoms. The smallest absolute Gasteiger partial charge is 0.0931 e. The van der Waals surface area contributed by atoms with Gasteiger partial charge in [0, 0.05) is 31.1 Å². The van der Waals surface area contributed by atoms with E-state index >= 15 is 0 Å². The molecule has 0 aliphatic carbocycles. The lowest BCUT2D eigenvalue weighted by molar-refractivity contribution is 0.166. The molecule has 0 aromatic carbocycles. The first-order valence-corrected chi connectivity index (χ1v) is 7.97. The fourth-order valence-corrected chi connectivity index (χ4v) is 3.33. The first-order chi connectivity index (χ1) is 8.93. The summed E-state index contributed by atoms with van der Waals surface area (Å²) >= 11 is 7.69. The topological polar surface area (TPSA) is 32.5 Å². The highest BCUT2D eigenvalue weighted by Gasteiger charge is 2.21. The number of hydrogen-bond acceptors (Lipinski definition) is 4. The Kier molecular flexibility index (Phi) is 7.32. The van der Waals surface area contributed by atoms with E-state index in [9.17, 15) is 0 Å². The SMILES string of the molecule is CC(C)CN(CCN(C)C)C(CN)c1ccc(Cl)s1. The van der Waals surface area contributed by atoms with Gasteiger partial charge in [-0.2, -0.15) is 0 Å². The van der Waals surface area contributed by atoms with Crippen LogP contribution in [0.15, 0.2) is 12.1 Å². The quantitative estimate of drug-likeness (QED) is 0.801. The molecule has 0 saturated heterocycles. The van der Waals surface area contributed by atoms with Crippen molar-refractivity contribution < 1.29 is 0 Å². The maximum absolute atomic E-state index is 6.05. The maximum atomic E-state index is 6.05. The van der Waals surface area contributed by atoms with Crippen LogP contribution in [-0.4, -0.2) is 50.1 Å². The number of likely N-dealkylation sites (N-methyl/N-ethyl adjacent to an activating group) is 1. The first-order valence-electron chi connectivity index (χ1n) is 6.78. The van der Waals surface area contributed by atoms with Crippen molar-refractivity contribution in [2.45, 2.75) is 19.9 Å². The molecule has 3 nitrogen and oxygen atoms in total. The van der Waals surface area contributed by atoms with E-state index in [0.717, 1.165) is 24.0 Å². The van der Waals surface area contributed by atoms with Crippen LogP contribution in [0.3, 0.4) is 0 Å². The van der Waals surface area contributed by atoms with E-state index in [4.69, 9.17) is 17.3 Å². The molecule has 0 radical (unpaired) electrons. The molecule has 110 valence electrons. The minimum Gasteiger partial charge on any atom is -0.329 e. The normalized spacial score (nSPS) is 13.7. The van der Waals surface area contributed by atoms with Crippen LogP contribution in [0.1, 0.15) is 24.8 Å². The molecule has 2 N–H and O–H groups in total. The summed E-state index contributed by atoms with van der Waals surface area (Å²) in [6, 6.07) is 4.34. The van der Waals surface area contributed by atoms with Gasteiger partial charge in [0.1, 0.15) is 0 Å². The van der Waals surface area contributed by atoms with Crippen molar-refractivity contribution in [2.75, 3.05) is 40.3 Å². The summed E-state index contributed by atoms with van der Waals surface area (Å²) in [7, 11) is 4.21. The summed E-state index contributed by atoms with van der Waals surface area (Å²) in [6.07, 6.45) is 0. The van der Waals surface area contributed by atoms with Crippen molar-refractivity contribution in [1.29, 1.82) is 0 Å². The zero-order chi connectivity index (χ0) is 14.4. The summed E-state index contributed by atoms with van der Waals surface area (Å²) in [4.78, 5) is 5.96. The molecule has 19 heavy (non-hydrogen) atoms. The molecule has 0 aliphatic rings. The van der Waals surface area contributed by atoms with Crippen LogP contribution in [-0.2, 0) is 0 Å². The predicted octanol–water partition coefficient (Wildman–Crippen LogP) is 2.92. The Morgan fingerprint density at radius 1 is 1.26 bits per heavy atom.